The number of amides is 2. The van der Waals surface area contributed by atoms with Gasteiger partial charge in [-0.25, -0.2) is 13.6 Å². The number of aryl methyl sites for hydroxylation is 1. The second kappa shape index (κ2) is 8.10. The molecule has 1 aliphatic heterocycles. The van der Waals surface area contributed by atoms with E-state index >= 15 is 0 Å². The smallest absolute Gasteiger partial charge is 0.321 e. The van der Waals surface area contributed by atoms with Crippen LogP contribution in [0.15, 0.2) is 18.2 Å². The molecule has 0 saturated carbocycles. The Balaban J connectivity index is 1.98. The van der Waals surface area contributed by atoms with E-state index in [4.69, 9.17) is 4.74 Å². The van der Waals surface area contributed by atoms with Crippen molar-refractivity contribution in [2.75, 3.05) is 31.6 Å². The van der Waals surface area contributed by atoms with Crippen LogP contribution in [0.2, 0.25) is 0 Å². The van der Waals surface area contributed by atoms with Crippen molar-refractivity contribution in [1.82, 2.24) is 4.90 Å². The Morgan fingerprint density at radius 2 is 2.30 bits per heavy atom. The molecular weight excluding hydrogens is 306 g/mol. The van der Waals surface area contributed by atoms with E-state index in [1.54, 1.807) is 30.0 Å². The number of hydrogen-bond donors (Lipinski definition) is 2. The second-order valence-corrected chi connectivity index (χ2v) is 5.75. The fraction of sp³-hybridized carbons (Fsp3) is 0.562. The van der Waals surface area contributed by atoms with Crippen molar-refractivity contribution in [2.45, 2.75) is 26.2 Å². The van der Waals surface area contributed by atoms with Crippen molar-refractivity contribution < 1.29 is 23.4 Å². The fourth-order valence-corrected chi connectivity index (χ4v) is 2.59. The Morgan fingerprint density at radius 1 is 1.52 bits per heavy atom. The summed E-state index contributed by atoms with van der Waals surface area (Å²) in [5.74, 6) is 0.437. The Hall–Kier alpha value is -1.89. The maximum Gasteiger partial charge on any atom is 0.321 e. The van der Waals surface area contributed by atoms with Gasteiger partial charge in [0.05, 0.1) is 0 Å². The second-order valence-electron chi connectivity index (χ2n) is 5.75. The van der Waals surface area contributed by atoms with Crippen molar-refractivity contribution in [3.05, 3.63) is 23.8 Å². The molecule has 2 N–H and O–H groups in total. The summed E-state index contributed by atoms with van der Waals surface area (Å²) >= 11 is 0. The number of rotatable bonds is 5. The summed E-state index contributed by atoms with van der Waals surface area (Å²) in [6, 6.07) is 4.70. The summed E-state index contributed by atoms with van der Waals surface area (Å²) in [6.45, 7) is 2.30. The van der Waals surface area contributed by atoms with Gasteiger partial charge in [0, 0.05) is 31.5 Å². The van der Waals surface area contributed by atoms with Crippen LogP contribution in [0.5, 0.6) is 5.75 Å². The van der Waals surface area contributed by atoms with Gasteiger partial charge in [0.15, 0.2) is 0 Å². The number of benzene rings is 1. The average molecular weight is 328 g/mol. The third-order valence-electron chi connectivity index (χ3n) is 3.87. The minimum atomic E-state index is -2.54. The number of alkyl halides is 2. The molecule has 128 valence electrons. The molecule has 1 aromatic rings. The number of aliphatic hydroxyl groups is 1. The highest BCUT2D eigenvalue weighted by Crippen LogP contribution is 2.24. The van der Waals surface area contributed by atoms with Crippen LogP contribution in [-0.2, 0) is 0 Å². The molecule has 0 bridgehead atoms. The normalized spacial score (nSPS) is 18.1. The van der Waals surface area contributed by atoms with Crippen LogP contribution < -0.4 is 10.1 Å². The number of carbonyl (C=O) groups excluding carboxylic acids is 1. The topological polar surface area (TPSA) is 61.8 Å². The van der Waals surface area contributed by atoms with Gasteiger partial charge in [0.25, 0.3) is 6.43 Å². The van der Waals surface area contributed by atoms with Gasteiger partial charge >= 0.3 is 6.03 Å². The van der Waals surface area contributed by atoms with Crippen LogP contribution >= 0.6 is 0 Å². The monoisotopic (exact) mass is 328 g/mol. The number of ether oxygens (including phenoxy) is 1. The summed E-state index contributed by atoms with van der Waals surface area (Å²) in [5, 5.41) is 12.0. The van der Waals surface area contributed by atoms with Crippen molar-refractivity contribution in [3.8, 4) is 5.75 Å². The van der Waals surface area contributed by atoms with Crippen LogP contribution in [0.1, 0.15) is 18.4 Å². The largest absolute Gasteiger partial charge is 0.487 e. The molecule has 2 rings (SSSR count). The first-order chi connectivity index (χ1) is 11.0. The van der Waals surface area contributed by atoms with Crippen molar-refractivity contribution in [3.63, 3.8) is 0 Å². The zero-order valence-corrected chi connectivity index (χ0v) is 13.1. The number of aliphatic hydroxyl groups excluding tert-OH is 1. The number of nitrogens with one attached hydrogen (secondary N) is 1. The molecule has 0 spiro atoms. The highest BCUT2D eigenvalue weighted by Gasteiger charge is 2.23. The van der Waals surface area contributed by atoms with Gasteiger partial charge in [0.2, 0.25) is 0 Å². The van der Waals surface area contributed by atoms with Gasteiger partial charge in [-0.3, -0.25) is 0 Å². The molecule has 0 aliphatic carbocycles. The number of urea groups is 1. The predicted molar refractivity (Wildman–Crippen MR) is 83.1 cm³/mol. The SMILES string of the molecule is Cc1ccc(NC(=O)N2CCCC(CO)C2)cc1OCC(F)F. The zero-order valence-electron chi connectivity index (χ0n) is 13.1. The molecule has 23 heavy (non-hydrogen) atoms. The first-order valence-corrected chi connectivity index (χ1v) is 7.68. The number of piperidine rings is 1. The number of nitrogens with zero attached hydrogens (tertiary/aromatic N) is 1. The third kappa shape index (κ3) is 5.06. The summed E-state index contributed by atoms with van der Waals surface area (Å²) in [4.78, 5) is 13.9. The molecule has 1 unspecified atom stereocenters. The van der Waals surface area contributed by atoms with Crippen LogP contribution in [0.25, 0.3) is 0 Å². The highest BCUT2D eigenvalue weighted by atomic mass is 19.3. The number of carbonyl (C=O) groups is 1. The number of hydrogen-bond acceptors (Lipinski definition) is 3. The van der Waals surface area contributed by atoms with E-state index in [9.17, 15) is 18.7 Å². The molecule has 7 heteroatoms. The van der Waals surface area contributed by atoms with E-state index in [0.29, 0.717) is 24.5 Å². The van der Waals surface area contributed by atoms with E-state index in [0.717, 1.165) is 18.4 Å². The summed E-state index contributed by atoms with van der Waals surface area (Å²) < 4.78 is 29.6. The minimum absolute atomic E-state index is 0.0694. The minimum Gasteiger partial charge on any atom is -0.487 e. The van der Waals surface area contributed by atoms with Gasteiger partial charge in [-0.15, -0.1) is 0 Å². The Kier molecular flexibility index (Phi) is 6.15. The Labute approximate surface area is 134 Å². The first kappa shape index (κ1) is 17.5. The molecule has 1 aromatic carbocycles. The van der Waals surface area contributed by atoms with Crippen LogP contribution in [0, 0.1) is 12.8 Å². The lowest BCUT2D eigenvalue weighted by molar-refractivity contribution is 0.0816. The molecule has 1 fully saturated rings. The van der Waals surface area contributed by atoms with Gasteiger partial charge in [0.1, 0.15) is 12.4 Å². The molecule has 1 heterocycles. The third-order valence-corrected chi connectivity index (χ3v) is 3.87. The standard InChI is InChI=1S/C16H22F2N2O3/c1-11-4-5-13(7-14(11)23-10-15(17)18)19-16(22)20-6-2-3-12(8-20)9-21/h4-5,7,12,15,21H,2-3,6,8-10H2,1H3,(H,19,22). The van der Waals surface area contributed by atoms with Crippen molar-refractivity contribution in [2.24, 2.45) is 5.92 Å². The molecule has 1 aliphatic rings. The Bertz CT molecular complexity index is 540. The lowest BCUT2D eigenvalue weighted by Gasteiger charge is -2.31. The van der Waals surface area contributed by atoms with Gasteiger partial charge in [-0.05, 0) is 37.3 Å². The average Bonchev–Trinajstić information content (AvgIpc) is 2.55. The molecular formula is C16H22F2N2O3. The summed E-state index contributed by atoms with van der Waals surface area (Å²) in [5.41, 5.74) is 1.22. The molecule has 1 saturated heterocycles. The maximum absolute atomic E-state index is 12.3. The maximum atomic E-state index is 12.3. The number of likely N-dealkylation sites (tertiary alicyclic amines) is 1. The summed E-state index contributed by atoms with van der Waals surface area (Å²) in [6.07, 6.45) is -0.775. The fourth-order valence-electron chi connectivity index (χ4n) is 2.59. The van der Waals surface area contributed by atoms with E-state index in [1.165, 1.54) is 0 Å². The van der Waals surface area contributed by atoms with Crippen LogP contribution in [-0.4, -0.2) is 48.8 Å². The summed E-state index contributed by atoms with van der Waals surface area (Å²) in [7, 11) is 0. The molecule has 0 aromatic heterocycles. The first-order valence-electron chi connectivity index (χ1n) is 7.68. The molecule has 0 radical (unpaired) electrons. The van der Waals surface area contributed by atoms with E-state index in [1.807, 2.05) is 0 Å². The predicted octanol–water partition coefficient (Wildman–Crippen LogP) is 2.88. The van der Waals surface area contributed by atoms with Crippen LogP contribution in [0.3, 0.4) is 0 Å². The number of anilines is 1. The van der Waals surface area contributed by atoms with Gasteiger partial charge < -0.3 is 20.1 Å². The Morgan fingerprint density at radius 3 is 3.00 bits per heavy atom. The van der Waals surface area contributed by atoms with Gasteiger partial charge in [-0.2, -0.15) is 0 Å². The van der Waals surface area contributed by atoms with E-state index in [-0.39, 0.29) is 18.6 Å². The van der Waals surface area contributed by atoms with Gasteiger partial charge in [-0.1, -0.05) is 6.07 Å². The molecule has 1 atom stereocenters. The zero-order chi connectivity index (χ0) is 16.8. The van der Waals surface area contributed by atoms with Crippen molar-refractivity contribution >= 4 is 11.7 Å². The highest BCUT2D eigenvalue weighted by molar-refractivity contribution is 5.89. The van der Waals surface area contributed by atoms with Crippen LogP contribution in [0.4, 0.5) is 19.3 Å². The van der Waals surface area contributed by atoms with E-state index in [2.05, 4.69) is 5.32 Å². The lowest BCUT2D eigenvalue weighted by Crippen LogP contribution is -2.43. The quantitative estimate of drug-likeness (QED) is 0.874. The number of halogens is 2. The van der Waals surface area contributed by atoms with E-state index < -0.39 is 13.0 Å². The lowest BCUT2D eigenvalue weighted by atomic mass is 9.99. The molecule has 5 nitrogen and oxygen atoms in total. The molecule has 2 amide bonds. The van der Waals surface area contributed by atoms with Crippen molar-refractivity contribution in [1.29, 1.82) is 0 Å².